The first-order valence-electron chi connectivity index (χ1n) is 4.69. The van der Waals surface area contributed by atoms with Crippen molar-refractivity contribution in [1.29, 1.82) is 0 Å². The van der Waals surface area contributed by atoms with E-state index in [4.69, 9.17) is 10.6 Å². The lowest BCUT2D eigenvalue weighted by Crippen LogP contribution is -2.31. The fourth-order valence-corrected chi connectivity index (χ4v) is 0.761. The van der Waals surface area contributed by atoms with Gasteiger partial charge in [-0.15, -0.1) is 0 Å². The summed E-state index contributed by atoms with van der Waals surface area (Å²) in [5, 5.41) is 0. The van der Waals surface area contributed by atoms with Crippen LogP contribution in [0, 0.1) is 11.8 Å². The molecular formula is C9H20N2O2. The Labute approximate surface area is 79.8 Å². The van der Waals surface area contributed by atoms with Crippen LogP contribution < -0.4 is 11.2 Å². The lowest BCUT2D eigenvalue weighted by molar-refractivity contribution is -0.138. The van der Waals surface area contributed by atoms with Crippen molar-refractivity contribution in [2.24, 2.45) is 17.6 Å². The van der Waals surface area contributed by atoms with Gasteiger partial charge in [0.05, 0.1) is 6.61 Å². The number of rotatable bonds is 6. The minimum Gasteiger partial charge on any atom is -0.330 e. The van der Waals surface area contributed by atoms with Crippen LogP contribution in [0.1, 0.15) is 27.2 Å². The standard InChI is InChI=1S/C9H20N2O2/c1-7(2)6-13-11-9(12)8(3)4-5-10/h7-8H,4-6,10H2,1-3H3,(H,11,12). The first-order chi connectivity index (χ1) is 6.07. The minimum atomic E-state index is -0.0916. The molecule has 4 nitrogen and oxygen atoms in total. The van der Waals surface area contributed by atoms with Crippen molar-refractivity contribution >= 4 is 5.91 Å². The zero-order valence-corrected chi connectivity index (χ0v) is 8.67. The molecule has 78 valence electrons. The quantitative estimate of drug-likeness (QED) is 0.602. The maximum absolute atomic E-state index is 11.2. The van der Waals surface area contributed by atoms with E-state index in [1.165, 1.54) is 0 Å². The molecule has 1 unspecified atom stereocenters. The van der Waals surface area contributed by atoms with Gasteiger partial charge in [0.15, 0.2) is 0 Å². The number of nitrogens with two attached hydrogens (primary N) is 1. The van der Waals surface area contributed by atoms with E-state index in [2.05, 4.69) is 5.48 Å². The van der Waals surface area contributed by atoms with Crippen LogP contribution in [0.25, 0.3) is 0 Å². The average Bonchev–Trinajstić information content (AvgIpc) is 2.04. The van der Waals surface area contributed by atoms with E-state index < -0.39 is 0 Å². The third-order valence-electron chi connectivity index (χ3n) is 1.64. The second-order valence-electron chi connectivity index (χ2n) is 3.65. The largest absolute Gasteiger partial charge is 0.330 e. The number of amides is 1. The van der Waals surface area contributed by atoms with Gasteiger partial charge in [-0.3, -0.25) is 9.63 Å². The smallest absolute Gasteiger partial charge is 0.246 e. The molecule has 0 fully saturated rings. The summed E-state index contributed by atoms with van der Waals surface area (Å²) in [7, 11) is 0. The molecule has 4 heteroatoms. The first-order valence-corrected chi connectivity index (χ1v) is 4.69. The minimum absolute atomic E-state index is 0.0721. The van der Waals surface area contributed by atoms with Crippen molar-refractivity contribution in [3.63, 3.8) is 0 Å². The number of carbonyl (C=O) groups is 1. The molecule has 0 radical (unpaired) electrons. The van der Waals surface area contributed by atoms with Crippen LogP contribution in [-0.2, 0) is 9.63 Å². The monoisotopic (exact) mass is 188 g/mol. The maximum atomic E-state index is 11.2. The van der Waals surface area contributed by atoms with Gasteiger partial charge >= 0.3 is 0 Å². The van der Waals surface area contributed by atoms with E-state index in [1.807, 2.05) is 20.8 Å². The Balaban J connectivity index is 3.50. The Morgan fingerprint density at radius 2 is 2.08 bits per heavy atom. The molecule has 0 aliphatic rings. The third-order valence-corrected chi connectivity index (χ3v) is 1.64. The molecule has 1 atom stereocenters. The number of nitrogens with one attached hydrogen (secondary N) is 1. The summed E-state index contributed by atoms with van der Waals surface area (Å²) >= 11 is 0. The van der Waals surface area contributed by atoms with Gasteiger partial charge in [0.25, 0.3) is 0 Å². The Morgan fingerprint density at radius 3 is 2.54 bits per heavy atom. The van der Waals surface area contributed by atoms with Gasteiger partial charge in [0.2, 0.25) is 5.91 Å². The van der Waals surface area contributed by atoms with Gasteiger partial charge in [0, 0.05) is 5.92 Å². The Kier molecular flexibility index (Phi) is 6.54. The lowest BCUT2D eigenvalue weighted by atomic mass is 10.1. The summed E-state index contributed by atoms with van der Waals surface area (Å²) in [6.07, 6.45) is 0.691. The predicted molar refractivity (Wildman–Crippen MR) is 51.8 cm³/mol. The molecule has 3 N–H and O–H groups in total. The van der Waals surface area contributed by atoms with E-state index in [1.54, 1.807) is 0 Å². The van der Waals surface area contributed by atoms with Crippen LogP contribution >= 0.6 is 0 Å². The fraction of sp³-hybridized carbons (Fsp3) is 0.889. The maximum Gasteiger partial charge on any atom is 0.246 e. The van der Waals surface area contributed by atoms with Crippen molar-refractivity contribution in [2.75, 3.05) is 13.2 Å². The number of hydroxylamine groups is 1. The third kappa shape index (κ3) is 6.54. The van der Waals surface area contributed by atoms with Gasteiger partial charge in [-0.25, -0.2) is 5.48 Å². The second kappa shape index (κ2) is 6.86. The molecule has 0 aromatic rings. The average molecular weight is 188 g/mol. The highest BCUT2D eigenvalue weighted by Crippen LogP contribution is 1.99. The molecule has 0 rings (SSSR count). The summed E-state index contributed by atoms with van der Waals surface area (Å²) in [5.74, 6) is 0.258. The molecule has 0 aromatic carbocycles. The fourth-order valence-electron chi connectivity index (χ4n) is 0.761. The van der Waals surface area contributed by atoms with E-state index >= 15 is 0 Å². The number of hydrogen-bond acceptors (Lipinski definition) is 3. The summed E-state index contributed by atoms with van der Waals surface area (Å²) in [6, 6.07) is 0. The van der Waals surface area contributed by atoms with E-state index in [9.17, 15) is 4.79 Å². The second-order valence-corrected chi connectivity index (χ2v) is 3.65. The normalized spacial score (nSPS) is 13.0. The molecule has 1 amide bonds. The summed E-state index contributed by atoms with van der Waals surface area (Å²) in [4.78, 5) is 16.2. The van der Waals surface area contributed by atoms with E-state index in [0.29, 0.717) is 25.5 Å². The van der Waals surface area contributed by atoms with Gasteiger partial charge < -0.3 is 5.73 Å². The van der Waals surface area contributed by atoms with E-state index in [0.717, 1.165) is 0 Å². The summed E-state index contributed by atoms with van der Waals surface area (Å²) < 4.78 is 0. The Bertz CT molecular complexity index is 149. The van der Waals surface area contributed by atoms with Crippen molar-refractivity contribution in [1.82, 2.24) is 5.48 Å². The van der Waals surface area contributed by atoms with Crippen LogP contribution in [0.15, 0.2) is 0 Å². The van der Waals surface area contributed by atoms with Crippen LogP contribution in [-0.4, -0.2) is 19.1 Å². The van der Waals surface area contributed by atoms with Crippen molar-refractivity contribution < 1.29 is 9.63 Å². The Hall–Kier alpha value is -0.610. The topological polar surface area (TPSA) is 64.3 Å². The van der Waals surface area contributed by atoms with Gasteiger partial charge in [-0.1, -0.05) is 20.8 Å². The number of hydrogen-bond donors (Lipinski definition) is 2. The predicted octanol–water partition coefficient (Wildman–Crippen LogP) is 0.675. The van der Waals surface area contributed by atoms with Crippen molar-refractivity contribution in [2.45, 2.75) is 27.2 Å². The van der Waals surface area contributed by atoms with E-state index in [-0.39, 0.29) is 11.8 Å². The lowest BCUT2D eigenvalue weighted by Gasteiger charge is -2.11. The Morgan fingerprint density at radius 1 is 1.46 bits per heavy atom. The van der Waals surface area contributed by atoms with Crippen LogP contribution in [0.4, 0.5) is 0 Å². The zero-order chi connectivity index (χ0) is 10.3. The highest BCUT2D eigenvalue weighted by atomic mass is 16.6. The zero-order valence-electron chi connectivity index (χ0n) is 8.67. The molecular weight excluding hydrogens is 168 g/mol. The van der Waals surface area contributed by atoms with Gasteiger partial charge in [-0.05, 0) is 18.9 Å². The van der Waals surface area contributed by atoms with Gasteiger partial charge in [0.1, 0.15) is 0 Å². The molecule has 0 aliphatic carbocycles. The van der Waals surface area contributed by atoms with Crippen LogP contribution in [0.5, 0.6) is 0 Å². The molecule has 0 aromatic heterocycles. The highest BCUT2D eigenvalue weighted by Gasteiger charge is 2.11. The van der Waals surface area contributed by atoms with Crippen molar-refractivity contribution in [3.05, 3.63) is 0 Å². The summed E-state index contributed by atoms with van der Waals surface area (Å²) in [5.41, 5.74) is 7.73. The van der Waals surface area contributed by atoms with Gasteiger partial charge in [-0.2, -0.15) is 0 Å². The van der Waals surface area contributed by atoms with Crippen LogP contribution in [0.3, 0.4) is 0 Å². The highest BCUT2D eigenvalue weighted by molar-refractivity contribution is 5.77. The first kappa shape index (κ1) is 12.4. The molecule has 0 bridgehead atoms. The van der Waals surface area contributed by atoms with Crippen molar-refractivity contribution in [3.8, 4) is 0 Å². The molecule has 0 spiro atoms. The summed E-state index contributed by atoms with van der Waals surface area (Å²) in [6.45, 7) is 6.95. The number of carbonyl (C=O) groups excluding carboxylic acids is 1. The van der Waals surface area contributed by atoms with Crippen LogP contribution in [0.2, 0.25) is 0 Å². The molecule has 0 saturated heterocycles. The molecule has 0 saturated carbocycles. The molecule has 0 aliphatic heterocycles. The molecule has 0 heterocycles. The SMILES string of the molecule is CC(C)CONC(=O)C(C)CCN. The molecule has 13 heavy (non-hydrogen) atoms.